The van der Waals surface area contributed by atoms with E-state index in [0.29, 0.717) is 11.6 Å². The van der Waals surface area contributed by atoms with Gasteiger partial charge in [-0.2, -0.15) is 0 Å². The maximum Gasteiger partial charge on any atom is 0.263 e. The van der Waals surface area contributed by atoms with E-state index in [2.05, 4.69) is 34.5 Å². The number of halogens is 1. The summed E-state index contributed by atoms with van der Waals surface area (Å²) < 4.78 is 28.0. The summed E-state index contributed by atoms with van der Waals surface area (Å²) in [6.07, 6.45) is 0. The van der Waals surface area contributed by atoms with Crippen LogP contribution in [-0.2, 0) is 10.0 Å². The van der Waals surface area contributed by atoms with Crippen LogP contribution in [0.1, 0.15) is 25.3 Å². The van der Waals surface area contributed by atoms with Crippen molar-refractivity contribution < 1.29 is 8.42 Å². The third-order valence-electron chi connectivity index (χ3n) is 3.09. The van der Waals surface area contributed by atoms with E-state index in [1.54, 1.807) is 24.3 Å². The molecule has 0 spiro atoms. The molecule has 0 amide bonds. The van der Waals surface area contributed by atoms with Crippen LogP contribution < -0.4 is 10.5 Å². The summed E-state index contributed by atoms with van der Waals surface area (Å²) in [6, 6.07) is 12.0. The van der Waals surface area contributed by atoms with Crippen molar-refractivity contribution in [2.24, 2.45) is 0 Å². The lowest BCUT2D eigenvalue weighted by atomic mass is 10.0. The zero-order valence-corrected chi connectivity index (χ0v) is 14.2. The summed E-state index contributed by atoms with van der Waals surface area (Å²) in [6.45, 7) is 4.17. The summed E-state index contributed by atoms with van der Waals surface area (Å²) in [5.41, 5.74) is 7.65. The van der Waals surface area contributed by atoms with Gasteiger partial charge < -0.3 is 5.73 Å². The van der Waals surface area contributed by atoms with Crippen molar-refractivity contribution in [1.82, 2.24) is 0 Å². The quantitative estimate of drug-likeness (QED) is 0.802. The van der Waals surface area contributed by atoms with Crippen LogP contribution in [0.3, 0.4) is 0 Å². The van der Waals surface area contributed by atoms with E-state index in [4.69, 9.17) is 5.73 Å². The van der Waals surface area contributed by atoms with Gasteiger partial charge in [-0.15, -0.1) is 0 Å². The Morgan fingerprint density at radius 3 is 2.24 bits per heavy atom. The van der Waals surface area contributed by atoms with Crippen LogP contribution in [0.4, 0.5) is 11.4 Å². The van der Waals surface area contributed by atoms with Gasteiger partial charge in [-0.1, -0.05) is 41.9 Å². The number of nitrogen functional groups attached to an aromatic ring is 1. The van der Waals surface area contributed by atoms with E-state index in [1.807, 2.05) is 12.1 Å². The first kappa shape index (κ1) is 15.9. The fourth-order valence-electron chi connectivity index (χ4n) is 1.91. The molecule has 0 bridgehead atoms. The first-order chi connectivity index (χ1) is 9.79. The molecule has 0 aliphatic heterocycles. The van der Waals surface area contributed by atoms with Gasteiger partial charge in [-0.25, -0.2) is 8.42 Å². The molecule has 0 fully saturated rings. The highest BCUT2D eigenvalue weighted by Crippen LogP contribution is 2.25. The van der Waals surface area contributed by atoms with Crippen molar-refractivity contribution in [2.75, 3.05) is 10.5 Å². The smallest absolute Gasteiger partial charge is 0.263 e. The number of nitrogens with two attached hydrogens (primary N) is 1. The number of benzene rings is 2. The lowest BCUT2D eigenvalue weighted by Crippen LogP contribution is -2.14. The van der Waals surface area contributed by atoms with Gasteiger partial charge in [0.25, 0.3) is 10.0 Å². The Bertz CT molecular complexity index is 741. The summed E-state index contributed by atoms with van der Waals surface area (Å²) in [7, 11) is -3.69. The van der Waals surface area contributed by atoms with Crippen LogP contribution in [0.15, 0.2) is 51.8 Å². The highest BCUT2D eigenvalue weighted by Gasteiger charge is 2.17. The van der Waals surface area contributed by atoms with E-state index in [1.165, 1.54) is 6.07 Å². The van der Waals surface area contributed by atoms with Gasteiger partial charge in [0.15, 0.2) is 0 Å². The molecule has 2 rings (SSSR count). The second kappa shape index (κ2) is 6.07. The minimum atomic E-state index is -3.69. The molecule has 6 heteroatoms. The highest BCUT2D eigenvalue weighted by molar-refractivity contribution is 9.10. The van der Waals surface area contributed by atoms with Crippen molar-refractivity contribution in [3.63, 3.8) is 0 Å². The van der Waals surface area contributed by atoms with Gasteiger partial charge in [0.05, 0.1) is 5.69 Å². The van der Waals surface area contributed by atoms with Crippen LogP contribution in [0.2, 0.25) is 0 Å². The molecule has 0 saturated carbocycles. The molecule has 0 aliphatic rings. The predicted molar refractivity (Wildman–Crippen MR) is 89.9 cm³/mol. The van der Waals surface area contributed by atoms with Gasteiger partial charge in [-0.05, 0) is 41.8 Å². The largest absolute Gasteiger partial charge is 0.398 e. The van der Waals surface area contributed by atoms with Gasteiger partial charge >= 0.3 is 0 Å². The number of anilines is 2. The number of hydrogen-bond donors (Lipinski definition) is 2. The zero-order valence-electron chi connectivity index (χ0n) is 11.8. The molecule has 112 valence electrons. The minimum absolute atomic E-state index is 0.0682. The van der Waals surface area contributed by atoms with Crippen molar-refractivity contribution in [1.29, 1.82) is 0 Å². The number of nitrogens with one attached hydrogen (secondary N) is 1. The van der Waals surface area contributed by atoms with Crippen molar-refractivity contribution in [3.05, 3.63) is 52.5 Å². The molecule has 3 N–H and O–H groups in total. The SMILES string of the molecule is CC(C)c1ccc(NS(=O)(=O)c2ccc(Br)cc2N)cc1. The van der Waals surface area contributed by atoms with E-state index >= 15 is 0 Å². The molecule has 0 heterocycles. The molecule has 0 saturated heterocycles. The van der Waals surface area contributed by atoms with E-state index in [-0.39, 0.29) is 10.6 Å². The summed E-state index contributed by atoms with van der Waals surface area (Å²) in [5, 5.41) is 0. The van der Waals surface area contributed by atoms with Crippen LogP contribution in [-0.4, -0.2) is 8.42 Å². The van der Waals surface area contributed by atoms with E-state index < -0.39 is 10.0 Å². The third-order valence-corrected chi connectivity index (χ3v) is 5.04. The van der Waals surface area contributed by atoms with Crippen molar-refractivity contribution in [2.45, 2.75) is 24.7 Å². The fraction of sp³-hybridized carbons (Fsp3) is 0.200. The first-order valence-electron chi connectivity index (χ1n) is 6.47. The predicted octanol–water partition coefficient (Wildman–Crippen LogP) is 3.96. The summed E-state index contributed by atoms with van der Waals surface area (Å²) >= 11 is 3.26. The summed E-state index contributed by atoms with van der Waals surface area (Å²) in [4.78, 5) is 0.0682. The number of rotatable bonds is 4. The van der Waals surface area contributed by atoms with Gasteiger partial charge in [-0.3, -0.25) is 4.72 Å². The molecule has 21 heavy (non-hydrogen) atoms. The average Bonchev–Trinajstić information content (AvgIpc) is 2.38. The Balaban J connectivity index is 2.28. The lowest BCUT2D eigenvalue weighted by Gasteiger charge is -2.11. The van der Waals surface area contributed by atoms with Crippen LogP contribution in [0.25, 0.3) is 0 Å². The van der Waals surface area contributed by atoms with E-state index in [9.17, 15) is 8.42 Å². The van der Waals surface area contributed by atoms with Crippen LogP contribution >= 0.6 is 15.9 Å². The molecule has 0 aromatic heterocycles. The standard InChI is InChI=1S/C15H17BrN2O2S/c1-10(2)11-3-6-13(7-4-11)18-21(19,20)15-8-5-12(16)9-14(15)17/h3-10,18H,17H2,1-2H3. The van der Waals surface area contributed by atoms with Crippen molar-refractivity contribution >= 4 is 37.3 Å². The highest BCUT2D eigenvalue weighted by atomic mass is 79.9. The fourth-order valence-corrected chi connectivity index (χ4v) is 3.46. The molecule has 2 aromatic rings. The Kier molecular flexibility index (Phi) is 4.58. The van der Waals surface area contributed by atoms with Crippen LogP contribution in [0.5, 0.6) is 0 Å². The Morgan fingerprint density at radius 1 is 1.10 bits per heavy atom. The van der Waals surface area contributed by atoms with Crippen molar-refractivity contribution in [3.8, 4) is 0 Å². The normalized spacial score (nSPS) is 11.6. The van der Waals surface area contributed by atoms with Gasteiger partial charge in [0, 0.05) is 10.2 Å². The van der Waals surface area contributed by atoms with Crippen LogP contribution in [0, 0.1) is 0 Å². The maximum atomic E-state index is 12.3. The zero-order chi connectivity index (χ0) is 15.6. The van der Waals surface area contributed by atoms with Gasteiger partial charge in [0.2, 0.25) is 0 Å². The Labute approximate surface area is 133 Å². The third kappa shape index (κ3) is 3.77. The van der Waals surface area contributed by atoms with E-state index in [0.717, 1.165) is 10.0 Å². The average molecular weight is 369 g/mol. The second-order valence-electron chi connectivity index (χ2n) is 5.06. The topological polar surface area (TPSA) is 72.2 Å². The Morgan fingerprint density at radius 2 is 1.71 bits per heavy atom. The maximum absolute atomic E-state index is 12.3. The minimum Gasteiger partial charge on any atom is -0.398 e. The lowest BCUT2D eigenvalue weighted by molar-refractivity contribution is 0.601. The molecular weight excluding hydrogens is 352 g/mol. The Hall–Kier alpha value is -1.53. The molecular formula is C15H17BrN2O2S. The monoisotopic (exact) mass is 368 g/mol. The molecule has 0 atom stereocenters. The first-order valence-corrected chi connectivity index (χ1v) is 8.75. The number of hydrogen-bond acceptors (Lipinski definition) is 3. The second-order valence-corrected chi connectivity index (χ2v) is 7.63. The molecule has 4 nitrogen and oxygen atoms in total. The van der Waals surface area contributed by atoms with Gasteiger partial charge in [0.1, 0.15) is 4.90 Å². The molecule has 0 aliphatic carbocycles. The molecule has 2 aromatic carbocycles. The number of sulfonamides is 1. The molecule has 0 unspecified atom stereocenters. The summed E-state index contributed by atoms with van der Waals surface area (Å²) in [5.74, 6) is 0.401. The molecule has 0 radical (unpaired) electrons.